The summed E-state index contributed by atoms with van der Waals surface area (Å²) in [4.78, 5) is 14.0. The highest BCUT2D eigenvalue weighted by atomic mass is 16.1. The Balaban J connectivity index is 1.88. The molecule has 2 aliphatic heterocycles. The zero-order valence-electron chi connectivity index (χ0n) is 8.73. The minimum atomic E-state index is 0.301. The Morgan fingerprint density at radius 1 is 1.13 bits per heavy atom. The first kappa shape index (κ1) is 8.96. The lowest BCUT2D eigenvalue weighted by molar-refractivity contribution is -0.126. The molecule has 2 heteroatoms. The van der Waals surface area contributed by atoms with Crippen LogP contribution in [0.5, 0.6) is 0 Å². The minimum absolute atomic E-state index is 0.301. The SMILES string of the molecule is O=C1CC2CCC1CN2c1ccccc1. The summed E-state index contributed by atoms with van der Waals surface area (Å²) in [6, 6.07) is 10.9. The molecule has 3 aliphatic rings. The van der Waals surface area contributed by atoms with Gasteiger partial charge in [-0.25, -0.2) is 0 Å². The van der Waals surface area contributed by atoms with Crippen LogP contribution in [-0.2, 0) is 4.79 Å². The number of piperidine rings is 2. The van der Waals surface area contributed by atoms with Gasteiger partial charge in [0.2, 0.25) is 0 Å². The number of fused-ring (bicyclic) bond motifs is 3. The van der Waals surface area contributed by atoms with Crippen LogP contribution in [0.3, 0.4) is 0 Å². The molecular weight excluding hydrogens is 186 g/mol. The van der Waals surface area contributed by atoms with Crippen molar-refractivity contribution in [3.63, 3.8) is 0 Å². The Bertz CT molecular complexity index is 373. The molecule has 0 N–H and O–H groups in total. The molecule has 1 aromatic carbocycles. The predicted molar refractivity (Wildman–Crippen MR) is 59.9 cm³/mol. The molecule has 0 spiro atoms. The number of carbonyl (C=O) groups excluding carboxylic acids is 1. The molecule has 0 radical (unpaired) electrons. The van der Waals surface area contributed by atoms with Crippen molar-refractivity contribution >= 4 is 11.5 Å². The topological polar surface area (TPSA) is 20.3 Å². The van der Waals surface area contributed by atoms with Crippen LogP contribution >= 0.6 is 0 Å². The lowest BCUT2D eigenvalue weighted by Gasteiger charge is -2.45. The molecule has 2 atom stereocenters. The van der Waals surface area contributed by atoms with E-state index in [9.17, 15) is 4.79 Å². The van der Waals surface area contributed by atoms with Crippen molar-refractivity contribution in [2.75, 3.05) is 11.4 Å². The number of anilines is 1. The summed E-state index contributed by atoms with van der Waals surface area (Å²) in [6.45, 7) is 0.938. The Hall–Kier alpha value is -1.31. The van der Waals surface area contributed by atoms with Gasteiger partial charge in [0.25, 0.3) is 0 Å². The third-order valence-electron chi connectivity index (χ3n) is 3.69. The van der Waals surface area contributed by atoms with Gasteiger partial charge in [0.15, 0.2) is 0 Å². The number of ketones is 1. The molecule has 2 unspecified atom stereocenters. The first-order valence-corrected chi connectivity index (χ1v) is 5.69. The zero-order chi connectivity index (χ0) is 10.3. The number of benzene rings is 1. The quantitative estimate of drug-likeness (QED) is 0.694. The Morgan fingerprint density at radius 2 is 1.93 bits per heavy atom. The summed E-state index contributed by atoms with van der Waals surface area (Å²) in [6.07, 6.45) is 3.05. The first-order valence-electron chi connectivity index (χ1n) is 5.69. The fourth-order valence-electron chi connectivity index (χ4n) is 2.84. The number of carbonyl (C=O) groups is 1. The van der Waals surface area contributed by atoms with Gasteiger partial charge in [-0.15, -0.1) is 0 Å². The van der Waals surface area contributed by atoms with Crippen molar-refractivity contribution in [1.29, 1.82) is 0 Å². The second-order valence-corrected chi connectivity index (χ2v) is 4.59. The van der Waals surface area contributed by atoms with Gasteiger partial charge in [-0.3, -0.25) is 4.79 Å². The van der Waals surface area contributed by atoms with Crippen molar-refractivity contribution in [3.8, 4) is 0 Å². The average molecular weight is 201 g/mol. The normalized spacial score (nSPS) is 29.6. The van der Waals surface area contributed by atoms with Crippen molar-refractivity contribution in [2.24, 2.45) is 5.92 Å². The van der Waals surface area contributed by atoms with E-state index in [-0.39, 0.29) is 0 Å². The van der Waals surface area contributed by atoms with E-state index in [1.165, 1.54) is 12.1 Å². The highest BCUT2D eigenvalue weighted by Gasteiger charge is 2.39. The van der Waals surface area contributed by atoms with Crippen LogP contribution < -0.4 is 4.90 Å². The molecule has 0 amide bonds. The number of rotatable bonds is 1. The van der Waals surface area contributed by atoms with Gasteiger partial charge in [-0.05, 0) is 25.0 Å². The zero-order valence-corrected chi connectivity index (χ0v) is 8.73. The standard InChI is InChI=1S/C13H15NO/c15-13-8-12-7-6-10(13)9-14(12)11-4-2-1-3-5-11/h1-5,10,12H,6-9H2. The molecule has 0 aromatic heterocycles. The largest absolute Gasteiger partial charge is 0.367 e. The summed E-state index contributed by atoms with van der Waals surface area (Å²) >= 11 is 0. The number of hydrogen-bond donors (Lipinski definition) is 0. The highest BCUT2D eigenvalue weighted by molar-refractivity contribution is 5.85. The van der Waals surface area contributed by atoms with Gasteiger partial charge < -0.3 is 4.90 Å². The van der Waals surface area contributed by atoms with E-state index in [4.69, 9.17) is 0 Å². The third-order valence-corrected chi connectivity index (χ3v) is 3.69. The number of hydrogen-bond acceptors (Lipinski definition) is 2. The summed E-state index contributed by atoms with van der Waals surface area (Å²) in [7, 11) is 0. The van der Waals surface area contributed by atoms with E-state index in [1.54, 1.807) is 0 Å². The fourth-order valence-corrected chi connectivity index (χ4v) is 2.84. The maximum absolute atomic E-state index is 11.6. The maximum Gasteiger partial charge on any atom is 0.139 e. The second-order valence-electron chi connectivity index (χ2n) is 4.59. The molecule has 2 bridgehead atoms. The van der Waals surface area contributed by atoms with Crippen LogP contribution in [-0.4, -0.2) is 18.4 Å². The number of para-hydroxylation sites is 1. The number of Topliss-reactive ketones (excluding diaryl/α,β-unsaturated/α-hetero) is 1. The van der Waals surface area contributed by atoms with Gasteiger partial charge in [0.1, 0.15) is 5.78 Å². The monoisotopic (exact) mass is 201 g/mol. The van der Waals surface area contributed by atoms with Crippen LogP contribution in [0.1, 0.15) is 19.3 Å². The van der Waals surface area contributed by atoms with Gasteiger partial charge in [-0.1, -0.05) is 18.2 Å². The summed E-state index contributed by atoms with van der Waals surface area (Å²) in [5.74, 6) is 0.786. The van der Waals surface area contributed by atoms with E-state index in [2.05, 4.69) is 29.2 Å². The van der Waals surface area contributed by atoms with Gasteiger partial charge in [0, 0.05) is 30.6 Å². The van der Waals surface area contributed by atoms with Gasteiger partial charge in [0.05, 0.1) is 0 Å². The Kier molecular flexibility index (Phi) is 2.01. The molecule has 1 saturated carbocycles. The van der Waals surface area contributed by atoms with E-state index >= 15 is 0 Å². The Labute approximate surface area is 89.9 Å². The smallest absolute Gasteiger partial charge is 0.139 e. The van der Waals surface area contributed by atoms with Gasteiger partial charge in [-0.2, -0.15) is 0 Å². The lowest BCUT2D eigenvalue weighted by atomic mass is 9.78. The summed E-state index contributed by atoms with van der Waals surface area (Å²) in [5.41, 5.74) is 1.28. The van der Waals surface area contributed by atoms with Crippen LogP contribution in [0.15, 0.2) is 30.3 Å². The molecule has 2 heterocycles. The molecule has 3 fully saturated rings. The Morgan fingerprint density at radius 3 is 2.53 bits per heavy atom. The van der Waals surface area contributed by atoms with Crippen molar-refractivity contribution < 1.29 is 4.79 Å². The summed E-state index contributed by atoms with van der Waals surface area (Å²) < 4.78 is 0. The fraction of sp³-hybridized carbons (Fsp3) is 0.462. The molecule has 15 heavy (non-hydrogen) atoms. The van der Waals surface area contributed by atoms with Crippen molar-refractivity contribution in [1.82, 2.24) is 0 Å². The molecular formula is C13H15NO. The van der Waals surface area contributed by atoms with Crippen LogP contribution in [0.2, 0.25) is 0 Å². The molecule has 2 saturated heterocycles. The molecule has 1 aliphatic carbocycles. The van der Waals surface area contributed by atoms with E-state index in [0.29, 0.717) is 17.7 Å². The molecule has 1 aromatic rings. The van der Waals surface area contributed by atoms with Crippen LogP contribution in [0.25, 0.3) is 0 Å². The van der Waals surface area contributed by atoms with E-state index < -0.39 is 0 Å². The minimum Gasteiger partial charge on any atom is -0.367 e. The lowest BCUT2D eigenvalue weighted by Crippen LogP contribution is -2.52. The molecule has 4 rings (SSSR count). The predicted octanol–water partition coefficient (Wildman–Crippen LogP) is 2.24. The van der Waals surface area contributed by atoms with Crippen LogP contribution in [0, 0.1) is 5.92 Å². The molecule has 2 nitrogen and oxygen atoms in total. The second kappa shape index (κ2) is 3.37. The average Bonchev–Trinajstić information content (AvgIpc) is 2.31. The number of nitrogens with zero attached hydrogens (tertiary/aromatic N) is 1. The van der Waals surface area contributed by atoms with E-state index in [1.807, 2.05) is 6.07 Å². The summed E-state index contributed by atoms with van der Waals surface area (Å²) in [5, 5.41) is 0. The maximum atomic E-state index is 11.6. The van der Waals surface area contributed by atoms with E-state index in [0.717, 1.165) is 19.4 Å². The van der Waals surface area contributed by atoms with Gasteiger partial charge >= 0.3 is 0 Å². The van der Waals surface area contributed by atoms with Crippen molar-refractivity contribution in [3.05, 3.63) is 30.3 Å². The third kappa shape index (κ3) is 1.44. The van der Waals surface area contributed by atoms with Crippen molar-refractivity contribution in [2.45, 2.75) is 25.3 Å². The van der Waals surface area contributed by atoms with Crippen LogP contribution in [0.4, 0.5) is 5.69 Å². The highest BCUT2D eigenvalue weighted by Crippen LogP contribution is 2.35. The first-order chi connectivity index (χ1) is 7.34. The molecule has 78 valence electrons.